The Labute approximate surface area is 213 Å². The van der Waals surface area contributed by atoms with Crippen LogP contribution in [0.1, 0.15) is 47.6 Å². The summed E-state index contributed by atoms with van der Waals surface area (Å²) in [5, 5.41) is 11.7. The van der Waals surface area contributed by atoms with Crippen molar-refractivity contribution in [1.29, 1.82) is 0 Å². The van der Waals surface area contributed by atoms with Gasteiger partial charge in [-0.1, -0.05) is 19.1 Å². The molecule has 37 heavy (non-hydrogen) atoms. The van der Waals surface area contributed by atoms with Crippen LogP contribution >= 0.6 is 0 Å². The van der Waals surface area contributed by atoms with Crippen molar-refractivity contribution < 1.29 is 18.0 Å². The number of aromatic nitrogens is 5. The average molecular weight is 514 g/mol. The van der Waals surface area contributed by atoms with Gasteiger partial charge < -0.3 is 4.90 Å². The third kappa shape index (κ3) is 6.79. The molecule has 196 valence electrons. The van der Waals surface area contributed by atoms with E-state index in [1.165, 1.54) is 22.5 Å². The highest BCUT2D eigenvalue weighted by Gasteiger charge is 2.31. The lowest BCUT2D eigenvalue weighted by atomic mass is 10.0. The Morgan fingerprint density at radius 2 is 1.97 bits per heavy atom. The number of alkyl halides is 3. The van der Waals surface area contributed by atoms with E-state index in [1.54, 1.807) is 17.9 Å². The number of carbonyl (C=O) groups excluding carboxylic acids is 1. The van der Waals surface area contributed by atoms with Crippen molar-refractivity contribution in [2.75, 3.05) is 19.6 Å². The van der Waals surface area contributed by atoms with Crippen LogP contribution in [0.25, 0.3) is 6.08 Å². The number of carbonyl (C=O) groups is 1. The second-order valence-electron chi connectivity index (χ2n) is 9.24. The number of rotatable bonds is 7. The monoisotopic (exact) mass is 513 g/mol. The van der Waals surface area contributed by atoms with Crippen molar-refractivity contribution >= 4 is 12.0 Å². The Hall–Kier alpha value is -3.60. The van der Waals surface area contributed by atoms with Crippen LogP contribution in [-0.2, 0) is 30.5 Å². The summed E-state index contributed by atoms with van der Waals surface area (Å²) in [6.07, 6.45) is 1.34. The molecule has 1 aromatic carbocycles. The molecular weight excluding hydrogens is 483 g/mol. The van der Waals surface area contributed by atoms with E-state index >= 15 is 0 Å². The quantitative estimate of drug-likeness (QED) is 0.448. The van der Waals surface area contributed by atoms with Crippen LogP contribution in [0.2, 0.25) is 0 Å². The molecule has 1 atom stereocenters. The standard InChI is InChI=1S/C26H30F3N7O/c1-4-20-5-9-24(30-14-20)17-34-11-12-35(18(2)15-34)25(37)10-7-21-6-8-23(26(27,28)29)13-22(21)16-36-32-19(3)31-33-36/h5-10,13-14,18H,4,11-12,15-17H2,1-3H3/b10-7+/t18-/m1/s1. The van der Waals surface area contributed by atoms with Gasteiger partial charge in [0.1, 0.15) is 0 Å². The summed E-state index contributed by atoms with van der Waals surface area (Å²) in [6, 6.07) is 7.55. The topological polar surface area (TPSA) is 80.0 Å². The summed E-state index contributed by atoms with van der Waals surface area (Å²) >= 11 is 0. The molecule has 3 aromatic rings. The normalized spacial score (nSPS) is 17.0. The van der Waals surface area contributed by atoms with Crippen LogP contribution < -0.4 is 0 Å². The SMILES string of the molecule is CCc1ccc(CN2CCN(C(=O)/C=C/c3ccc(C(F)(F)F)cc3Cn3nnc(C)n3)[C@H](C)C2)nc1. The summed E-state index contributed by atoms with van der Waals surface area (Å²) in [4.78, 5) is 22.8. The molecule has 11 heteroatoms. The van der Waals surface area contributed by atoms with Gasteiger partial charge in [0.15, 0.2) is 5.82 Å². The molecule has 1 fully saturated rings. The van der Waals surface area contributed by atoms with E-state index in [2.05, 4.69) is 38.3 Å². The van der Waals surface area contributed by atoms with Gasteiger partial charge in [0.25, 0.3) is 0 Å². The van der Waals surface area contributed by atoms with Crippen molar-refractivity contribution in [3.8, 4) is 0 Å². The Balaban J connectivity index is 1.43. The zero-order valence-electron chi connectivity index (χ0n) is 21.1. The molecule has 1 aliphatic heterocycles. The van der Waals surface area contributed by atoms with E-state index in [1.807, 2.05) is 19.2 Å². The van der Waals surface area contributed by atoms with Gasteiger partial charge in [0.05, 0.1) is 17.8 Å². The Morgan fingerprint density at radius 3 is 2.59 bits per heavy atom. The maximum absolute atomic E-state index is 13.3. The van der Waals surface area contributed by atoms with Crippen molar-refractivity contribution in [2.45, 2.75) is 52.5 Å². The number of halogens is 3. The molecule has 0 saturated carbocycles. The molecule has 2 aromatic heterocycles. The fraction of sp³-hybridized carbons (Fsp3) is 0.423. The average Bonchev–Trinajstić information content (AvgIpc) is 3.27. The van der Waals surface area contributed by atoms with Crippen LogP contribution in [0.4, 0.5) is 13.2 Å². The summed E-state index contributed by atoms with van der Waals surface area (Å²) in [5.41, 5.74) is 2.26. The highest BCUT2D eigenvalue weighted by molar-refractivity contribution is 5.92. The minimum atomic E-state index is -4.48. The number of amides is 1. The molecule has 1 amide bonds. The molecule has 0 radical (unpaired) electrons. The number of hydrogen-bond acceptors (Lipinski definition) is 6. The maximum atomic E-state index is 13.3. The van der Waals surface area contributed by atoms with E-state index in [0.29, 0.717) is 36.6 Å². The smallest absolute Gasteiger partial charge is 0.334 e. The van der Waals surface area contributed by atoms with E-state index in [0.717, 1.165) is 30.8 Å². The summed E-state index contributed by atoms with van der Waals surface area (Å²) in [5.74, 6) is 0.235. The molecular formula is C26H30F3N7O. The van der Waals surface area contributed by atoms with E-state index in [-0.39, 0.29) is 18.5 Å². The Kier molecular flexibility index (Phi) is 8.01. The lowest BCUT2D eigenvalue weighted by Gasteiger charge is -2.39. The molecule has 0 unspecified atom stereocenters. The molecule has 8 nitrogen and oxygen atoms in total. The van der Waals surface area contributed by atoms with Gasteiger partial charge in [0.2, 0.25) is 5.91 Å². The molecule has 0 bridgehead atoms. The molecule has 0 spiro atoms. The number of aryl methyl sites for hydroxylation is 2. The third-order valence-corrected chi connectivity index (χ3v) is 6.41. The van der Waals surface area contributed by atoms with Crippen LogP contribution in [-0.4, -0.2) is 66.6 Å². The predicted octanol–water partition coefficient (Wildman–Crippen LogP) is 3.75. The molecule has 4 rings (SSSR count). The highest BCUT2D eigenvalue weighted by atomic mass is 19.4. The fourth-order valence-corrected chi connectivity index (χ4v) is 4.37. The first kappa shape index (κ1) is 26.5. The largest absolute Gasteiger partial charge is 0.416 e. The first-order valence-corrected chi connectivity index (χ1v) is 12.2. The third-order valence-electron chi connectivity index (χ3n) is 6.41. The minimum Gasteiger partial charge on any atom is -0.334 e. The summed E-state index contributed by atoms with van der Waals surface area (Å²) in [7, 11) is 0. The number of hydrogen-bond donors (Lipinski definition) is 0. The van der Waals surface area contributed by atoms with Gasteiger partial charge >= 0.3 is 6.18 Å². The number of nitrogens with zero attached hydrogens (tertiary/aromatic N) is 7. The van der Waals surface area contributed by atoms with Crippen molar-refractivity contribution in [2.24, 2.45) is 0 Å². The molecule has 3 heterocycles. The second kappa shape index (κ2) is 11.2. The predicted molar refractivity (Wildman–Crippen MR) is 132 cm³/mol. The van der Waals surface area contributed by atoms with Crippen molar-refractivity contribution in [3.05, 3.63) is 76.4 Å². The first-order valence-electron chi connectivity index (χ1n) is 12.2. The lowest BCUT2D eigenvalue weighted by Crippen LogP contribution is -2.53. The summed E-state index contributed by atoms with van der Waals surface area (Å²) < 4.78 is 39.9. The zero-order chi connectivity index (χ0) is 26.6. The van der Waals surface area contributed by atoms with Gasteiger partial charge in [-0.25, -0.2) is 0 Å². The van der Waals surface area contributed by atoms with E-state index in [4.69, 9.17) is 0 Å². The van der Waals surface area contributed by atoms with Gasteiger partial charge in [-0.15, -0.1) is 10.2 Å². The van der Waals surface area contributed by atoms with Crippen LogP contribution in [0.15, 0.2) is 42.6 Å². The zero-order valence-corrected chi connectivity index (χ0v) is 21.1. The summed E-state index contributed by atoms with van der Waals surface area (Å²) in [6.45, 7) is 8.43. The minimum absolute atomic E-state index is 0.000964. The molecule has 0 aliphatic carbocycles. The van der Waals surface area contributed by atoms with E-state index in [9.17, 15) is 18.0 Å². The number of piperazine rings is 1. The Bertz CT molecular complexity index is 1250. The molecule has 1 saturated heterocycles. The van der Waals surface area contributed by atoms with Gasteiger partial charge in [-0.2, -0.15) is 18.0 Å². The van der Waals surface area contributed by atoms with Gasteiger partial charge in [-0.05, 0) is 66.4 Å². The molecule has 0 N–H and O–H groups in total. The Morgan fingerprint density at radius 1 is 1.16 bits per heavy atom. The highest BCUT2D eigenvalue weighted by Crippen LogP contribution is 2.31. The molecule has 1 aliphatic rings. The van der Waals surface area contributed by atoms with Crippen LogP contribution in [0.3, 0.4) is 0 Å². The van der Waals surface area contributed by atoms with Crippen molar-refractivity contribution in [1.82, 2.24) is 35.0 Å². The number of pyridine rings is 1. The van der Waals surface area contributed by atoms with Crippen LogP contribution in [0, 0.1) is 6.92 Å². The number of benzene rings is 1. The maximum Gasteiger partial charge on any atom is 0.416 e. The van der Waals surface area contributed by atoms with E-state index < -0.39 is 11.7 Å². The fourth-order valence-electron chi connectivity index (χ4n) is 4.37. The van der Waals surface area contributed by atoms with Crippen molar-refractivity contribution in [3.63, 3.8) is 0 Å². The van der Waals surface area contributed by atoms with Gasteiger partial charge in [0, 0.05) is 44.5 Å². The van der Waals surface area contributed by atoms with Crippen LogP contribution in [0.5, 0.6) is 0 Å². The lowest BCUT2D eigenvalue weighted by molar-refractivity contribution is -0.137. The van der Waals surface area contributed by atoms with Gasteiger partial charge in [-0.3, -0.25) is 14.7 Å². The number of tetrazole rings is 1. The first-order chi connectivity index (χ1) is 17.6. The second-order valence-corrected chi connectivity index (χ2v) is 9.24.